The molecule has 21 heavy (non-hydrogen) atoms. The molecule has 1 aromatic rings. The number of ether oxygens (including phenoxy) is 1. The molecule has 0 bridgehead atoms. The van der Waals surface area contributed by atoms with Crippen LogP contribution in [-0.2, 0) is 0 Å². The van der Waals surface area contributed by atoms with Gasteiger partial charge in [-0.05, 0) is 36.5 Å². The number of hydrogen-bond donors (Lipinski definition) is 2. The second-order valence-corrected chi connectivity index (χ2v) is 6.06. The molecule has 2 rings (SSSR count). The molecule has 3 N–H and O–H groups in total. The summed E-state index contributed by atoms with van der Waals surface area (Å²) in [5, 5.41) is 0. The van der Waals surface area contributed by atoms with Crippen LogP contribution in [0, 0.1) is 11.8 Å². The number of nitrogens with zero attached hydrogens (tertiary/aromatic N) is 1. The highest BCUT2D eigenvalue weighted by Gasteiger charge is 2.21. The minimum absolute atomic E-state index is 0.306. The van der Waals surface area contributed by atoms with Gasteiger partial charge in [0.05, 0.1) is 0 Å². The van der Waals surface area contributed by atoms with Crippen molar-refractivity contribution in [3.05, 3.63) is 29.8 Å². The molecule has 1 aliphatic rings. The van der Waals surface area contributed by atoms with E-state index in [1.54, 1.807) is 18.2 Å². The normalized spacial score (nSPS) is 22.8. The van der Waals surface area contributed by atoms with Gasteiger partial charge in [-0.1, -0.05) is 19.9 Å². The fourth-order valence-corrected chi connectivity index (χ4v) is 3.08. The molecular weight excluding hydrogens is 266 g/mol. The maximum Gasteiger partial charge on any atom is 0.265 e. The van der Waals surface area contributed by atoms with E-state index in [-0.39, 0.29) is 5.91 Å². The number of nitrogens with two attached hydrogens (primary N) is 1. The molecule has 1 aromatic carbocycles. The largest absolute Gasteiger partial charge is 0.492 e. The molecule has 116 valence electrons. The van der Waals surface area contributed by atoms with Crippen molar-refractivity contribution >= 4 is 5.91 Å². The fraction of sp³-hybridized carbons (Fsp3) is 0.562. The number of carbonyl (C=O) groups excluding carboxylic acids is 1. The Labute approximate surface area is 126 Å². The highest BCUT2D eigenvalue weighted by atomic mass is 16.5. The molecule has 1 amide bonds. The van der Waals surface area contributed by atoms with Gasteiger partial charge in [-0.3, -0.25) is 15.1 Å². The molecule has 1 aliphatic heterocycles. The van der Waals surface area contributed by atoms with E-state index in [0.717, 1.165) is 31.5 Å². The third-order valence-corrected chi connectivity index (χ3v) is 3.85. The van der Waals surface area contributed by atoms with E-state index >= 15 is 0 Å². The van der Waals surface area contributed by atoms with Crippen molar-refractivity contribution in [2.45, 2.75) is 20.3 Å². The molecule has 0 aliphatic carbocycles. The maximum atomic E-state index is 11.5. The summed E-state index contributed by atoms with van der Waals surface area (Å²) in [4.78, 5) is 13.9. The lowest BCUT2D eigenvalue weighted by atomic mass is 9.92. The van der Waals surface area contributed by atoms with Crippen molar-refractivity contribution in [2.75, 3.05) is 26.2 Å². The van der Waals surface area contributed by atoms with Crippen LogP contribution in [0.4, 0.5) is 0 Å². The molecule has 1 fully saturated rings. The molecule has 5 heteroatoms. The summed E-state index contributed by atoms with van der Waals surface area (Å²) >= 11 is 0. The molecule has 2 unspecified atom stereocenters. The lowest BCUT2D eigenvalue weighted by molar-refractivity contribution is 0.0952. The third-order valence-electron chi connectivity index (χ3n) is 3.85. The Morgan fingerprint density at radius 2 is 2.10 bits per heavy atom. The van der Waals surface area contributed by atoms with Gasteiger partial charge in [0.1, 0.15) is 12.4 Å². The SMILES string of the molecule is CC1CC(C)CN(CCOc2cccc(C(=O)NN)c2)C1. The first-order valence-electron chi connectivity index (χ1n) is 7.54. The summed E-state index contributed by atoms with van der Waals surface area (Å²) in [5.41, 5.74) is 2.63. The minimum atomic E-state index is -0.306. The minimum Gasteiger partial charge on any atom is -0.492 e. The molecule has 5 nitrogen and oxygen atoms in total. The number of hydrazine groups is 1. The Kier molecular flexibility index (Phi) is 5.59. The van der Waals surface area contributed by atoms with Crippen molar-refractivity contribution in [2.24, 2.45) is 17.7 Å². The van der Waals surface area contributed by atoms with Crippen LogP contribution in [-0.4, -0.2) is 37.0 Å². The molecule has 0 saturated carbocycles. The van der Waals surface area contributed by atoms with E-state index in [2.05, 4.69) is 24.2 Å². The van der Waals surface area contributed by atoms with Crippen LogP contribution in [0.3, 0.4) is 0 Å². The number of likely N-dealkylation sites (tertiary alicyclic amines) is 1. The highest BCUT2D eigenvalue weighted by Crippen LogP contribution is 2.20. The number of carbonyl (C=O) groups is 1. The zero-order valence-corrected chi connectivity index (χ0v) is 12.8. The van der Waals surface area contributed by atoms with Gasteiger partial charge in [-0.2, -0.15) is 0 Å². The number of nitrogen functional groups attached to an aromatic ring is 1. The first kappa shape index (κ1) is 15.8. The summed E-state index contributed by atoms with van der Waals surface area (Å²) in [7, 11) is 0. The van der Waals surface area contributed by atoms with Crippen LogP contribution in [0.25, 0.3) is 0 Å². The van der Waals surface area contributed by atoms with Crippen LogP contribution >= 0.6 is 0 Å². The van der Waals surface area contributed by atoms with Gasteiger partial charge in [-0.15, -0.1) is 0 Å². The van der Waals surface area contributed by atoms with Gasteiger partial charge in [0.25, 0.3) is 5.91 Å². The molecule has 0 spiro atoms. The van der Waals surface area contributed by atoms with Gasteiger partial charge in [-0.25, -0.2) is 5.84 Å². The number of hydrogen-bond acceptors (Lipinski definition) is 4. The number of nitrogens with one attached hydrogen (secondary N) is 1. The highest BCUT2D eigenvalue weighted by molar-refractivity contribution is 5.94. The predicted octanol–water partition coefficient (Wildman–Crippen LogP) is 1.65. The monoisotopic (exact) mass is 291 g/mol. The number of amides is 1. The molecule has 2 atom stereocenters. The number of benzene rings is 1. The lowest BCUT2D eigenvalue weighted by Gasteiger charge is -2.34. The average Bonchev–Trinajstić information content (AvgIpc) is 2.46. The van der Waals surface area contributed by atoms with Crippen LogP contribution in [0.1, 0.15) is 30.6 Å². The predicted molar refractivity (Wildman–Crippen MR) is 83.0 cm³/mol. The van der Waals surface area contributed by atoms with Crippen LogP contribution in [0.2, 0.25) is 0 Å². The molecule has 1 saturated heterocycles. The van der Waals surface area contributed by atoms with Crippen molar-refractivity contribution in [1.29, 1.82) is 0 Å². The van der Waals surface area contributed by atoms with E-state index < -0.39 is 0 Å². The number of rotatable bonds is 5. The Bertz CT molecular complexity index is 468. The average molecular weight is 291 g/mol. The lowest BCUT2D eigenvalue weighted by Crippen LogP contribution is -2.40. The van der Waals surface area contributed by atoms with Crippen LogP contribution in [0.15, 0.2) is 24.3 Å². The summed E-state index contributed by atoms with van der Waals surface area (Å²) < 4.78 is 5.75. The van der Waals surface area contributed by atoms with Crippen molar-refractivity contribution in [3.8, 4) is 5.75 Å². The second kappa shape index (κ2) is 7.43. The summed E-state index contributed by atoms with van der Waals surface area (Å²) in [6.45, 7) is 8.44. The smallest absolute Gasteiger partial charge is 0.265 e. The van der Waals surface area contributed by atoms with E-state index in [1.165, 1.54) is 6.42 Å². The summed E-state index contributed by atoms with van der Waals surface area (Å²) in [5.74, 6) is 7.04. The standard InChI is InChI=1S/C16H25N3O2/c1-12-8-13(2)11-19(10-12)6-7-21-15-5-3-4-14(9-15)16(20)18-17/h3-5,9,12-13H,6-8,10-11,17H2,1-2H3,(H,18,20). The fourth-order valence-electron chi connectivity index (χ4n) is 3.08. The molecule has 0 radical (unpaired) electrons. The number of piperidine rings is 1. The Hall–Kier alpha value is -1.59. The van der Waals surface area contributed by atoms with Gasteiger partial charge < -0.3 is 4.74 Å². The summed E-state index contributed by atoms with van der Waals surface area (Å²) in [6.07, 6.45) is 1.31. The van der Waals surface area contributed by atoms with Gasteiger partial charge in [0.2, 0.25) is 0 Å². The molecule has 1 heterocycles. The second-order valence-electron chi connectivity index (χ2n) is 6.06. The van der Waals surface area contributed by atoms with E-state index in [4.69, 9.17) is 10.6 Å². The Morgan fingerprint density at radius 1 is 1.38 bits per heavy atom. The summed E-state index contributed by atoms with van der Waals surface area (Å²) in [6, 6.07) is 7.08. The zero-order chi connectivity index (χ0) is 15.2. The van der Waals surface area contributed by atoms with Crippen molar-refractivity contribution in [3.63, 3.8) is 0 Å². The Balaban J connectivity index is 1.82. The van der Waals surface area contributed by atoms with Crippen LogP contribution in [0.5, 0.6) is 5.75 Å². The zero-order valence-electron chi connectivity index (χ0n) is 12.8. The topological polar surface area (TPSA) is 67.6 Å². The maximum absolute atomic E-state index is 11.5. The Morgan fingerprint density at radius 3 is 2.76 bits per heavy atom. The van der Waals surface area contributed by atoms with Gasteiger partial charge in [0.15, 0.2) is 0 Å². The molecule has 0 aromatic heterocycles. The third kappa shape index (κ3) is 4.72. The first-order valence-corrected chi connectivity index (χ1v) is 7.54. The van der Waals surface area contributed by atoms with Crippen molar-refractivity contribution in [1.82, 2.24) is 10.3 Å². The van der Waals surface area contributed by atoms with Gasteiger partial charge >= 0.3 is 0 Å². The van der Waals surface area contributed by atoms with E-state index in [9.17, 15) is 4.79 Å². The van der Waals surface area contributed by atoms with Crippen LogP contribution < -0.4 is 16.0 Å². The first-order chi connectivity index (χ1) is 10.1. The van der Waals surface area contributed by atoms with E-state index in [0.29, 0.717) is 17.9 Å². The van der Waals surface area contributed by atoms with Gasteiger partial charge in [0, 0.05) is 25.2 Å². The van der Waals surface area contributed by atoms with E-state index in [1.807, 2.05) is 6.07 Å². The molecular formula is C16H25N3O2. The quantitative estimate of drug-likeness (QED) is 0.492. The van der Waals surface area contributed by atoms with Crippen molar-refractivity contribution < 1.29 is 9.53 Å².